The maximum Gasteiger partial charge on any atom is 0.226 e. The van der Waals surface area contributed by atoms with Gasteiger partial charge in [0.1, 0.15) is 0 Å². The van der Waals surface area contributed by atoms with Crippen LogP contribution in [0.2, 0.25) is 0 Å². The lowest BCUT2D eigenvalue weighted by atomic mass is 10.1. The van der Waals surface area contributed by atoms with E-state index in [4.69, 9.17) is 5.73 Å². The van der Waals surface area contributed by atoms with Crippen molar-refractivity contribution in [2.75, 3.05) is 10.6 Å². The highest BCUT2D eigenvalue weighted by Gasteiger charge is 2.10. The zero-order valence-electron chi connectivity index (χ0n) is 12.5. The van der Waals surface area contributed by atoms with E-state index in [-0.39, 0.29) is 30.2 Å². The number of carbonyl (C=O) groups is 2. The molecule has 1 aromatic rings. The third-order valence-corrected chi connectivity index (χ3v) is 2.81. The molecule has 0 aliphatic rings. The zero-order chi connectivity index (χ0) is 15.3. The lowest BCUT2D eigenvalue weighted by Crippen LogP contribution is -2.24. The summed E-state index contributed by atoms with van der Waals surface area (Å²) in [6, 6.07) is 5.25. The molecule has 0 aromatic heterocycles. The number of benzene rings is 1. The largest absolute Gasteiger partial charge is 0.327 e. The Labute approximate surface area is 119 Å². The second kappa shape index (κ2) is 7.05. The average Bonchev–Trinajstić information content (AvgIpc) is 2.32. The minimum atomic E-state index is -0.181. The molecule has 4 N–H and O–H groups in total. The fourth-order valence-electron chi connectivity index (χ4n) is 1.61. The van der Waals surface area contributed by atoms with Crippen molar-refractivity contribution >= 4 is 23.2 Å². The van der Waals surface area contributed by atoms with Gasteiger partial charge in [-0.25, -0.2) is 0 Å². The maximum absolute atomic E-state index is 11.7. The highest BCUT2D eigenvalue weighted by atomic mass is 16.2. The van der Waals surface area contributed by atoms with Crippen molar-refractivity contribution in [2.45, 2.75) is 40.2 Å². The Kier molecular flexibility index (Phi) is 5.70. The number of anilines is 2. The van der Waals surface area contributed by atoms with Crippen LogP contribution in [-0.4, -0.2) is 17.9 Å². The molecule has 0 radical (unpaired) electrons. The minimum Gasteiger partial charge on any atom is -0.327 e. The van der Waals surface area contributed by atoms with Crippen molar-refractivity contribution in [3.63, 3.8) is 0 Å². The van der Waals surface area contributed by atoms with E-state index in [1.165, 1.54) is 0 Å². The first-order valence-electron chi connectivity index (χ1n) is 6.76. The number of nitrogens with one attached hydrogen (secondary N) is 2. The molecular weight excluding hydrogens is 254 g/mol. The van der Waals surface area contributed by atoms with E-state index in [9.17, 15) is 9.59 Å². The van der Waals surface area contributed by atoms with Crippen LogP contribution in [0.4, 0.5) is 11.4 Å². The third kappa shape index (κ3) is 5.01. The fraction of sp³-hybridized carbons (Fsp3) is 0.467. The Hall–Kier alpha value is -1.88. The maximum atomic E-state index is 11.7. The SMILES string of the molecule is Cc1ccc(NC(=O)C(C)C)cc1NC(=O)CC(C)N. The number of carbonyl (C=O) groups excluding carboxylic acids is 2. The summed E-state index contributed by atoms with van der Waals surface area (Å²) in [6.45, 7) is 7.34. The van der Waals surface area contributed by atoms with Crippen molar-refractivity contribution in [1.82, 2.24) is 0 Å². The van der Waals surface area contributed by atoms with Gasteiger partial charge in [0.25, 0.3) is 0 Å². The Morgan fingerprint density at radius 2 is 1.85 bits per heavy atom. The summed E-state index contributed by atoms with van der Waals surface area (Å²) in [7, 11) is 0. The van der Waals surface area contributed by atoms with Gasteiger partial charge in [-0.15, -0.1) is 0 Å². The Balaban J connectivity index is 2.81. The average molecular weight is 277 g/mol. The molecule has 0 saturated heterocycles. The molecule has 0 saturated carbocycles. The molecule has 1 rings (SSSR count). The lowest BCUT2D eigenvalue weighted by molar-refractivity contribution is -0.119. The number of rotatable bonds is 5. The second-order valence-corrected chi connectivity index (χ2v) is 5.40. The second-order valence-electron chi connectivity index (χ2n) is 5.40. The molecule has 0 bridgehead atoms. The molecule has 5 heteroatoms. The van der Waals surface area contributed by atoms with E-state index in [2.05, 4.69) is 10.6 Å². The summed E-state index contributed by atoms with van der Waals surface area (Å²) in [5.74, 6) is -0.274. The number of nitrogens with two attached hydrogens (primary N) is 1. The van der Waals surface area contributed by atoms with Crippen LogP contribution in [0, 0.1) is 12.8 Å². The Bertz CT molecular complexity index is 496. The van der Waals surface area contributed by atoms with Crippen LogP contribution >= 0.6 is 0 Å². The molecule has 2 amide bonds. The van der Waals surface area contributed by atoms with Gasteiger partial charge in [0.2, 0.25) is 11.8 Å². The van der Waals surface area contributed by atoms with Crippen LogP contribution in [-0.2, 0) is 9.59 Å². The van der Waals surface area contributed by atoms with Gasteiger partial charge in [-0.05, 0) is 31.5 Å². The molecule has 5 nitrogen and oxygen atoms in total. The predicted octanol–water partition coefficient (Wildman–Crippen LogP) is 2.27. The predicted molar refractivity (Wildman–Crippen MR) is 81.5 cm³/mol. The quantitative estimate of drug-likeness (QED) is 0.772. The standard InChI is InChI=1S/C15H23N3O2/c1-9(2)15(20)17-12-6-5-10(3)13(8-12)18-14(19)7-11(4)16/h5-6,8-9,11H,7,16H2,1-4H3,(H,17,20)(H,18,19). The van der Waals surface area contributed by atoms with Gasteiger partial charge in [-0.1, -0.05) is 19.9 Å². The molecule has 0 fully saturated rings. The van der Waals surface area contributed by atoms with E-state index >= 15 is 0 Å². The number of hydrogen-bond donors (Lipinski definition) is 3. The first-order chi connectivity index (χ1) is 9.29. The van der Waals surface area contributed by atoms with Gasteiger partial charge in [0, 0.05) is 29.8 Å². The van der Waals surface area contributed by atoms with Crippen molar-refractivity contribution < 1.29 is 9.59 Å². The fourth-order valence-corrected chi connectivity index (χ4v) is 1.61. The van der Waals surface area contributed by atoms with Gasteiger partial charge in [0.05, 0.1) is 0 Å². The van der Waals surface area contributed by atoms with Crippen molar-refractivity contribution in [2.24, 2.45) is 11.7 Å². The summed E-state index contributed by atoms with van der Waals surface area (Å²) in [5.41, 5.74) is 7.90. The van der Waals surface area contributed by atoms with Crippen LogP contribution < -0.4 is 16.4 Å². The summed E-state index contributed by atoms with van der Waals surface area (Å²) >= 11 is 0. The third-order valence-electron chi connectivity index (χ3n) is 2.81. The van der Waals surface area contributed by atoms with Crippen LogP contribution in [0.15, 0.2) is 18.2 Å². The summed E-state index contributed by atoms with van der Waals surface area (Å²) < 4.78 is 0. The highest BCUT2D eigenvalue weighted by Crippen LogP contribution is 2.21. The van der Waals surface area contributed by atoms with E-state index < -0.39 is 0 Å². The number of hydrogen-bond acceptors (Lipinski definition) is 3. The van der Waals surface area contributed by atoms with E-state index in [1.807, 2.05) is 32.9 Å². The molecule has 1 unspecified atom stereocenters. The molecule has 20 heavy (non-hydrogen) atoms. The first-order valence-corrected chi connectivity index (χ1v) is 6.76. The van der Waals surface area contributed by atoms with Gasteiger partial charge >= 0.3 is 0 Å². The molecule has 0 aliphatic heterocycles. The van der Waals surface area contributed by atoms with Crippen LogP contribution in [0.25, 0.3) is 0 Å². The molecule has 110 valence electrons. The smallest absolute Gasteiger partial charge is 0.226 e. The molecule has 0 heterocycles. The normalized spacial score (nSPS) is 12.1. The molecule has 1 aromatic carbocycles. The van der Waals surface area contributed by atoms with Gasteiger partial charge in [0.15, 0.2) is 0 Å². The van der Waals surface area contributed by atoms with Gasteiger partial charge in [-0.2, -0.15) is 0 Å². The topological polar surface area (TPSA) is 84.2 Å². The first kappa shape index (κ1) is 16.2. The van der Waals surface area contributed by atoms with E-state index in [0.717, 1.165) is 5.56 Å². The Morgan fingerprint density at radius 3 is 2.40 bits per heavy atom. The number of aryl methyl sites for hydroxylation is 1. The Morgan fingerprint density at radius 1 is 1.20 bits per heavy atom. The van der Waals surface area contributed by atoms with Crippen LogP contribution in [0.3, 0.4) is 0 Å². The summed E-state index contributed by atoms with van der Waals surface area (Å²) in [6.07, 6.45) is 0.266. The van der Waals surface area contributed by atoms with E-state index in [1.54, 1.807) is 13.0 Å². The van der Waals surface area contributed by atoms with Gasteiger partial charge < -0.3 is 16.4 Å². The minimum absolute atomic E-state index is 0.0540. The summed E-state index contributed by atoms with van der Waals surface area (Å²) in [4.78, 5) is 23.4. The monoisotopic (exact) mass is 277 g/mol. The number of amides is 2. The molecular formula is C15H23N3O2. The van der Waals surface area contributed by atoms with E-state index in [0.29, 0.717) is 11.4 Å². The summed E-state index contributed by atoms with van der Waals surface area (Å²) in [5, 5.41) is 5.62. The van der Waals surface area contributed by atoms with Crippen LogP contribution in [0.5, 0.6) is 0 Å². The molecule has 0 spiro atoms. The molecule has 1 atom stereocenters. The highest BCUT2D eigenvalue weighted by molar-refractivity contribution is 5.95. The van der Waals surface area contributed by atoms with Crippen molar-refractivity contribution in [3.05, 3.63) is 23.8 Å². The van der Waals surface area contributed by atoms with Crippen LogP contribution in [0.1, 0.15) is 32.8 Å². The zero-order valence-corrected chi connectivity index (χ0v) is 12.5. The van der Waals surface area contributed by atoms with Crippen molar-refractivity contribution in [1.29, 1.82) is 0 Å². The van der Waals surface area contributed by atoms with Crippen molar-refractivity contribution in [3.8, 4) is 0 Å². The van der Waals surface area contributed by atoms with Gasteiger partial charge in [-0.3, -0.25) is 9.59 Å². The molecule has 0 aliphatic carbocycles. The lowest BCUT2D eigenvalue weighted by Gasteiger charge is -2.13.